The van der Waals surface area contributed by atoms with E-state index in [-0.39, 0.29) is 0 Å². The fourth-order valence-corrected chi connectivity index (χ4v) is 1.67. The van der Waals surface area contributed by atoms with Gasteiger partial charge in [0.2, 0.25) is 0 Å². The minimum Gasteiger partial charge on any atom is -0.338 e. The second-order valence-electron chi connectivity index (χ2n) is 3.25. The number of imidazole rings is 1. The molecule has 4 nitrogen and oxygen atoms in total. The van der Waals surface area contributed by atoms with Crippen molar-refractivity contribution >= 4 is 0 Å². The van der Waals surface area contributed by atoms with E-state index in [4.69, 9.17) is 5.84 Å². The highest BCUT2D eigenvalue weighted by Gasteiger charge is 2.19. The Morgan fingerprint density at radius 3 is 3.08 bits per heavy atom. The Morgan fingerprint density at radius 1 is 1.75 bits per heavy atom. The Hall–Kier alpha value is -1.03. The van der Waals surface area contributed by atoms with Crippen molar-refractivity contribution in [3.63, 3.8) is 0 Å². The predicted molar refractivity (Wildman–Crippen MR) is 47.1 cm³/mol. The van der Waals surface area contributed by atoms with E-state index in [2.05, 4.69) is 10.3 Å². The molecule has 3 N–H and O–H groups in total. The third kappa shape index (κ3) is 1.08. The molecule has 0 aromatic carbocycles. The SMILES string of the molecule is Cc1ncc([C@@H]2CCCN2)n1N. The molecule has 0 unspecified atom stereocenters. The predicted octanol–water partition coefficient (Wildman–Crippen LogP) is 0.330. The van der Waals surface area contributed by atoms with Crippen LogP contribution in [0.25, 0.3) is 0 Å². The molecule has 0 aliphatic carbocycles. The van der Waals surface area contributed by atoms with Crippen LogP contribution in [0.1, 0.15) is 30.4 Å². The lowest BCUT2D eigenvalue weighted by Gasteiger charge is -2.10. The molecule has 0 spiro atoms. The van der Waals surface area contributed by atoms with E-state index in [0.717, 1.165) is 18.1 Å². The van der Waals surface area contributed by atoms with E-state index >= 15 is 0 Å². The summed E-state index contributed by atoms with van der Waals surface area (Å²) in [7, 11) is 0. The first-order valence-electron chi connectivity index (χ1n) is 4.32. The third-order valence-electron chi connectivity index (χ3n) is 2.43. The standard InChI is InChI=1S/C8H14N4/c1-6-11-5-8(12(6)9)7-3-2-4-10-7/h5,7,10H,2-4,9H2,1H3/t7-/m0/s1. The molecule has 1 aromatic heterocycles. The average molecular weight is 166 g/mol. The number of hydrogen-bond acceptors (Lipinski definition) is 3. The number of hydrogen-bond donors (Lipinski definition) is 2. The van der Waals surface area contributed by atoms with Gasteiger partial charge in [-0.25, -0.2) is 4.98 Å². The van der Waals surface area contributed by atoms with E-state index in [1.807, 2.05) is 13.1 Å². The molecule has 1 aliphatic heterocycles. The molecule has 0 radical (unpaired) electrons. The molecule has 1 saturated heterocycles. The van der Waals surface area contributed by atoms with Gasteiger partial charge in [0.15, 0.2) is 0 Å². The van der Waals surface area contributed by atoms with Crippen molar-refractivity contribution in [2.24, 2.45) is 0 Å². The highest BCUT2D eigenvalue weighted by Crippen LogP contribution is 2.21. The van der Waals surface area contributed by atoms with Crippen LogP contribution in [0, 0.1) is 6.92 Å². The van der Waals surface area contributed by atoms with E-state index in [0.29, 0.717) is 6.04 Å². The third-order valence-corrected chi connectivity index (χ3v) is 2.43. The summed E-state index contributed by atoms with van der Waals surface area (Å²) in [6.45, 7) is 3.01. The molecule has 0 amide bonds. The van der Waals surface area contributed by atoms with Gasteiger partial charge in [0.25, 0.3) is 0 Å². The zero-order chi connectivity index (χ0) is 8.55. The zero-order valence-electron chi connectivity index (χ0n) is 7.25. The van der Waals surface area contributed by atoms with Crippen LogP contribution in [0.5, 0.6) is 0 Å². The molecule has 1 fully saturated rings. The van der Waals surface area contributed by atoms with Gasteiger partial charge in [0.1, 0.15) is 5.82 Å². The Morgan fingerprint density at radius 2 is 2.58 bits per heavy atom. The summed E-state index contributed by atoms with van der Waals surface area (Å²) in [6.07, 6.45) is 4.26. The second-order valence-corrected chi connectivity index (χ2v) is 3.25. The van der Waals surface area contributed by atoms with Crippen molar-refractivity contribution in [1.29, 1.82) is 0 Å². The second kappa shape index (κ2) is 2.79. The van der Waals surface area contributed by atoms with Crippen LogP contribution in [-0.4, -0.2) is 16.2 Å². The number of nitrogens with zero attached hydrogens (tertiary/aromatic N) is 2. The first-order chi connectivity index (χ1) is 5.79. The molecule has 0 bridgehead atoms. The summed E-state index contributed by atoms with van der Waals surface area (Å²) in [5, 5.41) is 3.39. The molecule has 12 heavy (non-hydrogen) atoms. The summed E-state index contributed by atoms with van der Waals surface area (Å²) in [6, 6.07) is 0.413. The molecule has 0 saturated carbocycles. The van der Waals surface area contributed by atoms with Gasteiger partial charge in [-0.3, -0.25) is 4.68 Å². The monoisotopic (exact) mass is 166 g/mol. The Bertz CT molecular complexity index is 273. The fraction of sp³-hybridized carbons (Fsp3) is 0.625. The fourth-order valence-electron chi connectivity index (χ4n) is 1.67. The van der Waals surface area contributed by atoms with E-state index in [1.54, 1.807) is 4.68 Å². The highest BCUT2D eigenvalue weighted by atomic mass is 15.3. The van der Waals surface area contributed by atoms with Crippen LogP contribution in [-0.2, 0) is 0 Å². The molecule has 1 aliphatic rings. The minimum absolute atomic E-state index is 0.413. The van der Waals surface area contributed by atoms with Crippen molar-refractivity contribution in [2.75, 3.05) is 12.4 Å². The van der Waals surface area contributed by atoms with Gasteiger partial charge >= 0.3 is 0 Å². The number of rotatable bonds is 1. The van der Waals surface area contributed by atoms with Crippen molar-refractivity contribution in [3.8, 4) is 0 Å². The van der Waals surface area contributed by atoms with Crippen molar-refractivity contribution < 1.29 is 0 Å². The lowest BCUT2D eigenvalue weighted by atomic mass is 10.2. The van der Waals surface area contributed by atoms with E-state index in [1.165, 1.54) is 12.8 Å². The maximum absolute atomic E-state index is 5.80. The zero-order valence-corrected chi connectivity index (χ0v) is 7.25. The van der Waals surface area contributed by atoms with Gasteiger partial charge in [-0.2, -0.15) is 0 Å². The number of nitrogen functional groups attached to an aromatic ring is 1. The van der Waals surface area contributed by atoms with Gasteiger partial charge in [-0.15, -0.1) is 0 Å². The maximum Gasteiger partial charge on any atom is 0.124 e. The first-order valence-corrected chi connectivity index (χ1v) is 4.32. The van der Waals surface area contributed by atoms with Gasteiger partial charge in [0, 0.05) is 0 Å². The highest BCUT2D eigenvalue weighted by molar-refractivity contribution is 5.10. The van der Waals surface area contributed by atoms with Crippen LogP contribution in [0.4, 0.5) is 0 Å². The Labute approximate surface area is 71.7 Å². The summed E-state index contributed by atoms with van der Waals surface area (Å²) >= 11 is 0. The number of aryl methyl sites for hydroxylation is 1. The minimum atomic E-state index is 0.413. The van der Waals surface area contributed by atoms with Gasteiger partial charge in [-0.05, 0) is 26.3 Å². The molecule has 2 rings (SSSR count). The van der Waals surface area contributed by atoms with Crippen molar-refractivity contribution in [2.45, 2.75) is 25.8 Å². The molecule has 2 heterocycles. The summed E-state index contributed by atoms with van der Waals surface area (Å²) in [4.78, 5) is 4.16. The van der Waals surface area contributed by atoms with Crippen molar-refractivity contribution in [1.82, 2.24) is 15.0 Å². The average Bonchev–Trinajstić information content (AvgIpc) is 2.64. The summed E-state index contributed by atoms with van der Waals surface area (Å²) in [5.41, 5.74) is 1.10. The number of nitrogens with two attached hydrogens (primary N) is 1. The smallest absolute Gasteiger partial charge is 0.124 e. The molecule has 66 valence electrons. The Balaban J connectivity index is 2.26. The molecular weight excluding hydrogens is 152 g/mol. The lowest BCUT2D eigenvalue weighted by molar-refractivity contribution is 0.606. The quantitative estimate of drug-likeness (QED) is 0.591. The van der Waals surface area contributed by atoms with Crippen molar-refractivity contribution in [3.05, 3.63) is 17.7 Å². The largest absolute Gasteiger partial charge is 0.338 e. The normalized spacial score (nSPS) is 23.2. The van der Waals surface area contributed by atoms with Gasteiger partial charge in [-0.1, -0.05) is 0 Å². The number of nitrogens with one attached hydrogen (secondary N) is 1. The van der Waals surface area contributed by atoms with Gasteiger partial charge < -0.3 is 11.2 Å². The molecular formula is C8H14N4. The van der Waals surface area contributed by atoms with Crippen LogP contribution in [0.2, 0.25) is 0 Å². The van der Waals surface area contributed by atoms with E-state index in [9.17, 15) is 0 Å². The number of aromatic nitrogens is 2. The van der Waals surface area contributed by atoms with Crippen LogP contribution >= 0.6 is 0 Å². The lowest BCUT2D eigenvalue weighted by Crippen LogP contribution is -2.21. The van der Waals surface area contributed by atoms with Crippen LogP contribution in [0.3, 0.4) is 0 Å². The topological polar surface area (TPSA) is 55.9 Å². The Kier molecular flexibility index (Phi) is 1.77. The molecule has 4 heteroatoms. The molecule has 1 aromatic rings. The summed E-state index contributed by atoms with van der Waals surface area (Å²) < 4.78 is 1.67. The van der Waals surface area contributed by atoms with E-state index < -0.39 is 0 Å². The maximum atomic E-state index is 5.80. The molecule has 1 atom stereocenters. The van der Waals surface area contributed by atoms with Gasteiger partial charge in [0.05, 0.1) is 17.9 Å². The summed E-state index contributed by atoms with van der Waals surface area (Å²) in [5.74, 6) is 6.67. The van der Waals surface area contributed by atoms with Crippen LogP contribution < -0.4 is 11.2 Å². The first kappa shape index (κ1) is 7.61. The van der Waals surface area contributed by atoms with Crippen LogP contribution in [0.15, 0.2) is 6.20 Å².